The van der Waals surface area contributed by atoms with Gasteiger partial charge in [0.05, 0.1) is 0 Å². The lowest BCUT2D eigenvalue weighted by Crippen LogP contribution is -2.23. The highest BCUT2D eigenvalue weighted by molar-refractivity contribution is 7.82. The zero-order valence-electron chi connectivity index (χ0n) is 4.71. The molecule has 0 atom stereocenters. The fraction of sp³-hybridized carbons (Fsp3) is 0.750. The van der Waals surface area contributed by atoms with Crippen LogP contribution in [0.15, 0.2) is 0 Å². The van der Waals surface area contributed by atoms with Gasteiger partial charge in [0.1, 0.15) is 4.75 Å². The molecule has 0 spiro atoms. The number of carboxylic acids is 1. The number of carbonyl (C=O) groups is 1. The third kappa shape index (κ3) is 4.27. The van der Waals surface area contributed by atoms with Crippen molar-refractivity contribution in [2.75, 3.05) is 0 Å². The summed E-state index contributed by atoms with van der Waals surface area (Å²) in [6, 6.07) is 0. The van der Waals surface area contributed by atoms with E-state index >= 15 is 0 Å². The lowest BCUT2D eigenvalue weighted by molar-refractivity contribution is -0.138. The van der Waals surface area contributed by atoms with Crippen LogP contribution in [0.25, 0.3) is 0 Å². The second-order valence-electron chi connectivity index (χ2n) is 1.86. The van der Waals surface area contributed by atoms with Gasteiger partial charge >= 0.3 is 5.97 Å². The summed E-state index contributed by atoms with van der Waals surface area (Å²) in [5, 5.41) is 8.17. The van der Waals surface area contributed by atoms with Gasteiger partial charge in [0.2, 0.25) is 0 Å². The Morgan fingerprint density at radius 1 is 1.62 bits per heavy atom. The summed E-state index contributed by atoms with van der Waals surface area (Å²) in [5.41, 5.74) is 0. The van der Waals surface area contributed by atoms with Crippen molar-refractivity contribution in [3.8, 4) is 0 Å². The number of hydrogen-bond acceptors (Lipinski definition) is 2. The second kappa shape index (κ2) is 3.20. The van der Waals surface area contributed by atoms with Gasteiger partial charge in [-0.1, -0.05) is 0 Å². The van der Waals surface area contributed by atoms with Crippen LogP contribution in [0.5, 0.6) is 0 Å². The molecule has 0 aromatic heterocycles. The van der Waals surface area contributed by atoms with Crippen molar-refractivity contribution in [2.24, 2.45) is 0 Å². The minimum Gasteiger partial charge on any atom is -0.480 e. The molecule has 50 valence electrons. The second-order valence-corrected chi connectivity index (χ2v) is 2.98. The van der Waals surface area contributed by atoms with Crippen molar-refractivity contribution in [1.29, 1.82) is 0 Å². The van der Waals surface area contributed by atoms with Gasteiger partial charge < -0.3 is 5.11 Å². The van der Waals surface area contributed by atoms with Crippen LogP contribution < -0.4 is 0 Å². The van der Waals surface area contributed by atoms with E-state index in [0.29, 0.717) is 0 Å². The molecular weight excluding hydrogens is 148 g/mol. The molecule has 8 heavy (non-hydrogen) atoms. The number of halogens is 1. The van der Waals surface area contributed by atoms with Gasteiger partial charge in [-0.05, 0) is 13.8 Å². The molecule has 0 fully saturated rings. The smallest absolute Gasteiger partial charge is 0.318 e. The summed E-state index contributed by atoms with van der Waals surface area (Å²) < 4.78 is -0.889. The van der Waals surface area contributed by atoms with Crippen LogP contribution in [0.4, 0.5) is 0 Å². The van der Waals surface area contributed by atoms with Crippen LogP contribution in [-0.2, 0) is 4.79 Å². The van der Waals surface area contributed by atoms with E-state index in [1.807, 2.05) is 0 Å². The van der Waals surface area contributed by atoms with Crippen LogP contribution in [-0.4, -0.2) is 15.8 Å². The number of carboxylic acid groups (broad SMARTS) is 1. The number of aliphatic carboxylic acids is 1. The third-order valence-electron chi connectivity index (χ3n) is 0.523. The van der Waals surface area contributed by atoms with E-state index in [9.17, 15) is 4.79 Å². The zero-order valence-corrected chi connectivity index (χ0v) is 6.42. The van der Waals surface area contributed by atoms with Gasteiger partial charge in [0.15, 0.2) is 0 Å². The molecule has 0 aromatic rings. The number of thiol groups is 1. The molecule has 0 aliphatic heterocycles. The minimum absolute atomic E-state index is 0. The van der Waals surface area contributed by atoms with E-state index in [4.69, 9.17) is 5.11 Å². The predicted octanol–water partition coefficient (Wildman–Crippen LogP) is 1.20. The Morgan fingerprint density at radius 2 is 1.75 bits per heavy atom. The first kappa shape index (κ1) is 11.0. The van der Waals surface area contributed by atoms with Crippen LogP contribution in [0.3, 0.4) is 0 Å². The van der Waals surface area contributed by atoms with Gasteiger partial charge in [-0.3, -0.25) is 4.79 Å². The molecule has 0 aliphatic rings. The van der Waals surface area contributed by atoms with E-state index in [0.717, 1.165) is 0 Å². The number of rotatable bonds is 1. The van der Waals surface area contributed by atoms with Crippen molar-refractivity contribution >= 4 is 31.0 Å². The Labute approximate surface area is 60.1 Å². The molecule has 0 amide bonds. The molecule has 0 saturated carbocycles. The molecular formula is C4H9ClO2S. The van der Waals surface area contributed by atoms with Gasteiger partial charge in [0, 0.05) is 0 Å². The predicted molar refractivity (Wildman–Crippen MR) is 37.9 cm³/mol. The first-order valence-electron chi connectivity index (χ1n) is 1.90. The maximum Gasteiger partial charge on any atom is 0.318 e. The topological polar surface area (TPSA) is 37.3 Å². The molecule has 1 N–H and O–H groups in total. The molecule has 4 heteroatoms. The fourth-order valence-electron chi connectivity index (χ4n) is 0. The quantitative estimate of drug-likeness (QED) is 0.560. The largest absolute Gasteiger partial charge is 0.480 e. The average Bonchev–Trinajstić information content (AvgIpc) is 1.31. The Balaban J connectivity index is 0. The van der Waals surface area contributed by atoms with Crippen molar-refractivity contribution in [1.82, 2.24) is 0 Å². The highest BCUT2D eigenvalue weighted by Gasteiger charge is 2.20. The van der Waals surface area contributed by atoms with E-state index < -0.39 is 10.7 Å². The summed E-state index contributed by atoms with van der Waals surface area (Å²) in [7, 11) is 0. The Bertz CT molecular complexity index is 86.5. The maximum absolute atomic E-state index is 9.94. The van der Waals surface area contributed by atoms with Gasteiger partial charge in [-0.2, -0.15) is 12.6 Å². The SMILES string of the molecule is CC(C)(S)C(=O)O.Cl. The lowest BCUT2D eigenvalue weighted by Gasteiger charge is -2.07. The standard InChI is InChI=1S/C4H8O2S.ClH/c1-4(2,7)3(5)6;/h7H,1-2H3,(H,5,6);1H. The minimum atomic E-state index is -0.893. The van der Waals surface area contributed by atoms with E-state index in [1.54, 1.807) is 0 Å². The molecule has 0 aromatic carbocycles. The Hall–Kier alpha value is 0.110. The molecule has 0 aliphatic carbocycles. The van der Waals surface area contributed by atoms with Crippen molar-refractivity contribution in [3.63, 3.8) is 0 Å². The molecule has 2 nitrogen and oxygen atoms in total. The van der Waals surface area contributed by atoms with Crippen LogP contribution in [0, 0.1) is 0 Å². The average molecular weight is 157 g/mol. The fourth-order valence-corrected chi connectivity index (χ4v) is 0. The van der Waals surface area contributed by atoms with Gasteiger partial charge in [-0.25, -0.2) is 0 Å². The van der Waals surface area contributed by atoms with Crippen LogP contribution in [0.2, 0.25) is 0 Å². The maximum atomic E-state index is 9.94. The van der Waals surface area contributed by atoms with Crippen molar-refractivity contribution < 1.29 is 9.90 Å². The summed E-state index contributed by atoms with van der Waals surface area (Å²) in [6.07, 6.45) is 0. The lowest BCUT2D eigenvalue weighted by atomic mass is 10.2. The Morgan fingerprint density at radius 3 is 1.75 bits per heavy atom. The Kier molecular flexibility index (Phi) is 4.39. The molecule has 0 unspecified atom stereocenters. The molecule has 0 bridgehead atoms. The normalized spacial score (nSPS) is 9.88. The summed E-state index contributed by atoms with van der Waals surface area (Å²) in [5.74, 6) is -0.893. The third-order valence-corrected chi connectivity index (χ3v) is 0.715. The highest BCUT2D eigenvalue weighted by atomic mass is 35.5. The first-order valence-corrected chi connectivity index (χ1v) is 2.35. The summed E-state index contributed by atoms with van der Waals surface area (Å²) >= 11 is 3.75. The van der Waals surface area contributed by atoms with Gasteiger partial charge in [0.25, 0.3) is 0 Å². The number of hydrogen-bond donors (Lipinski definition) is 2. The molecule has 0 saturated heterocycles. The molecule has 0 rings (SSSR count). The van der Waals surface area contributed by atoms with Crippen molar-refractivity contribution in [2.45, 2.75) is 18.6 Å². The van der Waals surface area contributed by atoms with Crippen molar-refractivity contribution in [3.05, 3.63) is 0 Å². The first-order chi connectivity index (χ1) is 2.94. The van der Waals surface area contributed by atoms with Crippen LogP contribution in [0.1, 0.15) is 13.8 Å². The van der Waals surface area contributed by atoms with Crippen LogP contribution >= 0.6 is 25.0 Å². The zero-order chi connectivity index (χ0) is 6.08. The monoisotopic (exact) mass is 156 g/mol. The summed E-state index contributed by atoms with van der Waals surface area (Å²) in [6.45, 7) is 3.05. The van der Waals surface area contributed by atoms with Gasteiger partial charge in [-0.15, -0.1) is 12.4 Å². The molecule has 0 radical (unpaired) electrons. The summed E-state index contributed by atoms with van der Waals surface area (Å²) in [4.78, 5) is 9.94. The van der Waals surface area contributed by atoms with E-state index in [2.05, 4.69) is 12.6 Å². The van der Waals surface area contributed by atoms with E-state index in [1.165, 1.54) is 13.8 Å². The molecule has 0 heterocycles. The highest BCUT2D eigenvalue weighted by Crippen LogP contribution is 2.10. The van der Waals surface area contributed by atoms with E-state index in [-0.39, 0.29) is 12.4 Å².